The van der Waals surface area contributed by atoms with Crippen molar-refractivity contribution in [2.45, 2.75) is 12.5 Å². The molecule has 0 unspecified atom stereocenters. The summed E-state index contributed by atoms with van der Waals surface area (Å²) in [4.78, 5) is 47.0. The normalized spacial score (nSPS) is 11.1. The molecule has 2 rings (SSSR count). The van der Waals surface area contributed by atoms with Crippen LogP contribution in [0.15, 0.2) is 54.6 Å². The first kappa shape index (κ1) is 21.6. The van der Waals surface area contributed by atoms with E-state index in [0.29, 0.717) is 5.75 Å². The molecule has 2 aromatic carbocycles. The van der Waals surface area contributed by atoms with Crippen LogP contribution >= 0.6 is 0 Å². The van der Waals surface area contributed by atoms with Crippen LogP contribution in [0.3, 0.4) is 0 Å². The number of nitrogens with zero attached hydrogens (tertiary/aromatic N) is 1. The van der Waals surface area contributed by atoms with E-state index in [2.05, 4.69) is 15.4 Å². The Morgan fingerprint density at radius 1 is 1.03 bits per heavy atom. The van der Waals surface area contributed by atoms with Crippen molar-refractivity contribution in [1.29, 1.82) is 0 Å². The summed E-state index contributed by atoms with van der Waals surface area (Å²) in [5, 5.41) is 5.39. The Labute approximate surface area is 167 Å². The second kappa shape index (κ2) is 10.6. The molecule has 0 aliphatic rings. The molecule has 0 saturated carbocycles. The van der Waals surface area contributed by atoms with Crippen LogP contribution in [0.4, 0.5) is 4.79 Å². The Kier molecular flexibility index (Phi) is 7.87. The largest absolute Gasteiger partial charge is 0.497 e. The molecule has 29 heavy (non-hydrogen) atoms. The minimum absolute atomic E-state index is 0.179. The molecule has 3 amide bonds. The van der Waals surface area contributed by atoms with Gasteiger partial charge < -0.3 is 20.5 Å². The number of amides is 3. The fourth-order valence-corrected chi connectivity index (χ4v) is 2.25. The van der Waals surface area contributed by atoms with Crippen molar-refractivity contribution in [2.24, 2.45) is 5.73 Å². The van der Waals surface area contributed by atoms with Crippen LogP contribution in [0.25, 0.3) is 0 Å². The molecule has 0 aromatic heterocycles. The predicted octanol–water partition coefficient (Wildman–Crippen LogP) is 0.789. The number of ether oxygens (including phenoxy) is 2. The number of esters is 1. The van der Waals surface area contributed by atoms with Crippen LogP contribution in [0.1, 0.15) is 15.9 Å². The summed E-state index contributed by atoms with van der Waals surface area (Å²) < 4.78 is 9.58. The number of benzene rings is 2. The van der Waals surface area contributed by atoms with Crippen LogP contribution in [-0.2, 0) is 20.7 Å². The number of alkyl carbamates (subject to hydrolysis) is 1. The van der Waals surface area contributed by atoms with Gasteiger partial charge in [-0.05, 0) is 36.2 Å². The van der Waals surface area contributed by atoms with Crippen LogP contribution in [0.2, 0.25) is 0 Å². The van der Waals surface area contributed by atoms with Gasteiger partial charge in [-0.3, -0.25) is 9.59 Å². The Morgan fingerprint density at radius 3 is 2.31 bits per heavy atom. The van der Waals surface area contributed by atoms with Crippen molar-refractivity contribution in [3.05, 3.63) is 65.7 Å². The van der Waals surface area contributed by atoms with Crippen molar-refractivity contribution in [2.75, 3.05) is 13.7 Å². The highest BCUT2D eigenvalue weighted by Crippen LogP contribution is 2.12. The molecule has 0 aliphatic carbocycles. The lowest BCUT2D eigenvalue weighted by Gasteiger charge is -2.10. The number of imide groups is 1. The van der Waals surface area contributed by atoms with E-state index in [-0.39, 0.29) is 12.0 Å². The average molecular weight is 398 g/mol. The van der Waals surface area contributed by atoms with Gasteiger partial charge in [0.15, 0.2) is 0 Å². The van der Waals surface area contributed by atoms with E-state index in [1.165, 1.54) is 19.2 Å². The van der Waals surface area contributed by atoms with Crippen LogP contribution < -0.4 is 21.1 Å². The molecule has 1 radical (unpaired) electrons. The molecule has 9 heteroatoms. The van der Waals surface area contributed by atoms with Gasteiger partial charge in [0.1, 0.15) is 12.3 Å². The average Bonchev–Trinajstić information content (AvgIpc) is 2.73. The maximum atomic E-state index is 12.0. The van der Waals surface area contributed by atoms with Crippen molar-refractivity contribution in [3.63, 3.8) is 0 Å². The molecule has 0 aliphatic heterocycles. The van der Waals surface area contributed by atoms with Crippen molar-refractivity contribution < 1.29 is 28.7 Å². The first-order valence-electron chi connectivity index (χ1n) is 8.61. The van der Waals surface area contributed by atoms with E-state index in [1.807, 2.05) is 0 Å². The van der Waals surface area contributed by atoms with Gasteiger partial charge in [0.2, 0.25) is 0 Å². The summed E-state index contributed by atoms with van der Waals surface area (Å²) in [5.74, 6) is -1.94. The van der Waals surface area contributed by atoms with E-state index in [9.17, 15) is 19.2 Å². The zero-order chi connectivity index (χ0) is 21.2. The molecule has 2 aromatic rings. The number of hydrogen-bond acceptors (Lipinski definition) is 7. The van der Waals surface area contributed by atoms with E-state index < -0.39 is 36.5 Å². The van der Waals surface area contributed by atoms with E-state index in [0.717, 1.165) is 5.56 Å². The van der Waals surface area contributed by atoms with Gasteiger partial charge in [-0.25, -0.2) is 9.59 Å². The number of nitrogens with one attached hydrogen (secondary N) is 1. The summed E-state index contributed by atoms with van der Waals surface area (Å²) in [5.41, 5.74) is 6.72. The minimum Gasteiger partial charge on any atom is -0.497 e. The van der Waals surface area contributed by atoms with Crippen LogP contribution in [0, 0.1) is 0 Å². The third kappa shape index (κ3) is 7.07. The molecule has 0 spiro atoms. The quantitative estimate of drug-likeness (QED) is 0.519. The van der Waals surface area contributed by atoms with E-state index in [4.69, 9.17) is 10.5 Å². The van der Waals surface area contributed by atoms with Crippen LogP contribution in [-0.4, -0.2) is 43.6 Å². The van der Waals surface area contributed by atoms with Gasteiger partial charge >= 0.3 is 12.1 Å². The third-order valence-corrected chi connectivity index (χ3v) is 3.75. The Bertz CT molecular complexity index is 868. The highest BCUT2D eigenvalue weighted by molar-refractivity contribution is 6.00. The molecule has 0 bridgehead atoms. The number of carbonyl (C=O) groups excluding carboxylic acids is 4. The molecule has 0 heterocycles. The summed E-state index contributed by atoms with van der Waals surface area (Å²) in [6.07, 6.45) is -0.946. The zero-order valence-corrected chi connectivity index (χ0v) is 15.7. The van der Waals surface area contributed by atoms with Crippen molar-refractivity contribution in [3.8, 4) is 5.75 Å². The van der Waals surface area contributed by atoms with Gasteiger partial charge in [0.05, 0.1) is 18.7 Å². The number of hydrogen-bond donors (Lipinski definition) is 2. The summed E-state index contributed by atoms with van der Waals surface area (Å²) in [6, 6.07) is 13.8. The highest BCUT2D eigenvalue weighted by atomic mass is 16.6. The molecule has 9 nitrogen and oxygen atoms in total. The highest BCUT2D eigenvalue weighted by Gasteiger charge is 2.20. The summed E-state index contributed by atoms with van der Waals surface area (Å²) in [7, 11) is 1.54. The standard InChI is InChI=1S/C20H20N3O6/c1-28-15-9-7-13(8-10-15)11-16(21)18(25)23-17(24)12-22-20(27)29-19(26)14-5-3-2-4-6-14/h2-10,16H,11-12,21H2,1H3,(H,22,27)/t16-/m0/s1. The third-order valence-electron chi connectivity index (χ3n) is 3.75. The minimum atomic E-state index is -1.13. The molecule has 0 saturated heterocycles. The van der Waals surface area contributed by atoms with Gasteiger partial charge in [0.25, 0.3) is 11.8 Å². The lowest BCUT2D eigenvalue weighted by atomic mass is 10.1. The molecule has 1 atom stereocenters. The molecular formula is C20H20N3O6. The van der Waals surface area contributed by atoms with Crippen molar-refractivity contribution in [1.82, 2.24) is 10.6 Å². The maximum absolute atomic E-state index is 12.0. The van der Waals surface area contributed by atoms with E-state index >= 15 is 0 Å². The summed E-state index contributed by atoms with van der Waals surface area (Å²) in [6.45, 7) is -0.609. The van der Waals surface area contributed by atoms with Gasteiger partial charge in [-0.1, -0.05) is 30.3 Å². The monoisotopic (exact) mass is 398 g/mol. The van der Waals surface area contributed by atoms with Gasteiger partial charge in [-0.2, -0.15) is 5.32 Å². The molecule has 151 valence electrons. The summed E-state index contributed by atoms with van der Waals surface area (Å²) >= 11 is 0. The van der Waals surface area contributed by atoms with Gasteiger partial charge in [-0.15, -0.1) is 0 Å². The Morgan fingerprint density at radius 2 is 1.69 bits per heavy atom. The fraction of sp³-hybridized carbons (Fsp3) is 0.200. The fourth-order valence-electron chi connectivity index (χ4n) is 2.25. The SMILES string of the molecule is COc1ccc(C[C@H](N)C(=O)[N]C(=O)CNC(=O)OC(=O)c2ccccc2)cc1. The van der Waals surface area contributed by atoms with Gasteiger partial charge in [0, 0.05) is 0 Å². The lowest BCUT2D eigenvalue weighted by Crippen LogP contribution is -2.43. The zero-order valence-electron chi connectivity index (χ0n) is 15.7. The van der Waals surface area contributed by atoms with E-state index in [1.54, 1.807) is 42.5 Å². The second-order valence-corrected chi connectivity index (χ2v) is 5.90. The molecular weight excluding hydrogens is 378 g/mol. The predicted molar refractivity (Wildman–Crippen MR) is 102 cm³/mol. The topological polar surface area (TPSA) is 139 Å². The first-order chi connectivity index (χ1) is 13.9. The van der Waals surface area contributed by atoms with Crippen LogP contribution in [0.5, 0.6) is 5.75 Å². The lowest BCUT2D eigenvalue weighted by molar-refractivity contribution is -0.131. The number of rotatable bonds is 7. The first-order valence-corrected chi connectivity index (χ1v) is 8.61. The molecule has 3 N–H and O–H groups in total. The molecule has 0 fully saturated rings. The number of methoxy groups -OCH3 is 1. The Hall–Kier alpha value is -3.72. The smallest absolute Gasteiger partial charge is 0.415 e. The van der Waals surface area contributed by atoms with Crippen molar-refractivity contribution >= 4 is 23.9 Å². The maximum Gasteiger partial charge on any atom is 0.415 e. The number of nitrogens with two attached hydrogens (primary N) is 1. The Balaban J connectivity index is 1.73. The number of carbonyl (C=O) groups is 4. The second-order valence-electron chi connectivity index (χ2n) is 5.90.